The van der Waals surface area contributed by atoms with E-state index in [1.165, 1.54) is 0 Å². The molecule has 0 saturated heterocycles. The summed E-state index contributed by atoms with van der Waals surface area (Å²) in [5, 5.41) is 12.2. The maximum atomic E-state index is 12.4. The molecule has 1 unspecified atom stereocenters. The van der Waals surface area contributed by atoms with Crippen LogP contribution in [0.3, 0.4) is 0 Å². The predicted octanol–water partition coefficient (Wildman–Crippen LogP) is 2.99. The zero-order chi connectivity index (χ0) is 17.3. The van der Waals surface area contributed by atoms with E-state index in [0.717, 1.165) is 24.2 Å². The van der Waals surface area contributed by atoms with Gasteiger partial charge in [0, 0.05) is 24.5 Å². The molecule has 6 nitrogen and oxygen atoms in total. The Hall–Kier alpha value is -2.24. The van der Waals surface area contributed by atoms with Crippen LogP contribution < -0.4 is 14.8 Å². The monoisotopic (exact) mass is 333 g/mol. The standard InChI is InChI=1S/C18H23NO5/c1-3-23-15-8-12-7-11(2)24-14(12)9-13(15)19-16(20)10-18(17(21)22)5-4-6-18/h8-9,11H,3-7,10H2,1-2H3,(H,19,20)(H,21,22). The van der Waals surface area contributed by atoms with Gasteiger partial charge in [0.1, 0.15) is 17.6 Å². The van der Waals surface area contributed by atoms with Gasteiger partial charge in [-0.25, -0.2) is 0 Å². The minimum absolute atomic E-state index is 0.0117. The van der Waals surface area contributed by atoms with Gasteiger partial charge in [0.2, 0.25) is 5.91 Å². The number of hydrogen-bond donors (Lipinski definition) is 2. The van der Waals surface area contributed by atoms with Gasteiger partial charge in [0.05, 0.1) is 17.7 Å². The third-order valence-electron chi connectivity index (χ3n) is 4.84. The summed E-state index contributed by atoms with van der Waals surface area (Å²) in [6.45, 7) is 4.36. The highest BCUT2D eigenvalue weighted by atomic mass is 16.5. The van der Waals surface area contributed by atoms with Crippen molar-refractivity contribution in [1.82, 2.24) is 0 Å². The van der Waals surface area contributed by atoms with Gasteiger partial charge in [-0.2, -0.15) is 0 Å². The van der Waals surface area contributed by atoms with Gasteiger partial charge in [0.15, 0.2) is 0 Å². The fourth-order valence-corrected chi connectivity index (χ4v) is 3.38. The van der Waals surface area contributed by atoms with E-state index in [2.05, 4.69) is 5.32 Å². The molecule has 1 amide bonds. The first-order valence-electron chi connectivity index (χ1n) is 8.43. The molecule has 1 atom stereocenters. The van der Waals surface area contributed by atoms with Crippen molar-refractivity contribution in [2.75, 3.05) is 11.9 Å². The van der Waals surface area contributed by atoms with E-state index in [9.17, 15) is 14.7 Å². The number of aliphatic carboxylic acids is 1. The number of rotatable bonds is 6. The summed E-state index contributed by atoms with van der Waals surface area (Å²) < 4.78 is 11.4. The lowest BCUT2D eigenvalue weighted by Gasteiger charge is -2.36. The highest BCUT2D eigenvalue weighted by Crippen LogP contribution is 2.45. The third kappa shape index (κ3) is 3.05. The minimum atomic E-state index is -0.905. The fraction of sp³-hybridized carbons (Fsp3) is 0.556. The molecule has 2 N–H and O–H groups in total. The Bertz CT molecular complexity index is 666. The molecule has 2 aliphatic rings. The van der Waals surface area contributed by atoms with Crippen LogP contribution in [0.25, 0.3) is 0 Å². The second-order valence-corrected chi connectivity index (χ2v) is 6.69. The topological polar surface area (TPSA) is 84.9 Å². The Labute approximate surface area is 141 Å². The summed E-state index contributed by atoms with van der Waals surface area (Å²) in [5.74, 6) is 0.155. The number of carbonyl (C=O) groups excluding carboxylic acids is 1. The molecule has 3 rings (SSSR count). The van der Waals surface area contributed by atoms with Crippen LogP contribution in [0.2, 0.25) is 0 Å². The molecule has 130 valence electrons. The minimum Gasteiger partial charge on any atom is -0.492 e. The average molecular weight is 333 g/mol. The van der Waals surface area contributed by atoms with Crippen LogP contribution in [0, 0.1) is 5.41 Å². The van der Waals surface area contributed by atoms with Crippen LogP contribution in [-0.2, 0) is 16.0 Å². The maximum Gasteiger partial charge on any atom is 0.310 e. The SMILES string of the molecule is CCOc1cc2c(cc1NC(=O)CC1(C(=O)O)CCC1)OC(C)C2. The zero-order valence-corrected chi connectivity index (χ0v) is 14.1. The van der Waals surface area contributed by atoms with Crippen LogP contribution in [0.15, 0.2) is 12.1 Å². The molecule has 1 aromatic carbocycles. The van der Waals surface area contributed by atoms with Gasteiger partial charge >= 0.3 is 5.97 Å². The Kier molecular flexibility index (Phi) is 4.39. The first kappa shape index (κ1) is 16.6. The Morgan fingerprint density at radius 2 is 2.17 bits per heavy atom. The smallest absolute Gasteiger partial charge is 0.310 e. The van der Waals surface area contributed by atoms with E-state index in [1.54, 1.807) is 6.07 Å². The normalized spacial score (nSPS) is 20.5. The Morgan fingerprint density at radius 1 is 1.42 bits per heavy atom. The molecule has 0 aromatic heterocycles. The summed E-state index contributed by atoms with van der Waals surface area (Å²) in [4.78, 5) is 23.8. The number of carboxylic acids is 1. The van der Waals surface area contributed by atoms with E-state index in [-0.39, 0.29) is 18.4 Å². The van der Waals surface area contributed by atoms with E-state index >= 15 is 0 Å². The molecule has 0 bridgehead atoms. The van der Waals surface area contributed by atoms with Crippen molar-refractivity contribution in [3.63, 3.8) is 0 Å². The first-order chi connectivity index (χ1) is 11.4. The van der Waals surface area contributed by atoms with Gasteiger partial charge in [-0.1, -0.05) is 6.42 Å². The van der Waals surface area contributed by atoms with Crippen LogP contribution in [0.1, 0.15) is 45.1 Å². The zero-order valence-electron chi connectivity index (χ0n) is 14.1. The number of hydrogen-bond acceptors (Lipinski definition) is 4. The molecule has 1 saturated carbocycles. The largest absolute Gasteiger partial charge is 0.492 e. The van der Waals surface area contributed by atoms with Gasteiger partial charge in [-0.3, -0.25) is 9.59 Å². The van der Waals surface area contributed by atoms with Crippen molar-refractivity contribution in [2.24, 2.45) is 5.41 Å². The Balaban J connectivity index is 1.77. The lowest BCUT2D eigenvalue weighted by atomic mass is 9.66. The number of carboxylic acid groups (broad SMARTS) is 1. The highest BCUT2D eigenvalue weighted by Gasteiger charge is 2.46. The molecule has 6 heteroatoms. The van der Waals surface area contributed by atoms with E-state index in [0.29, 0.717) is 30.9 Å². The maximum absolute atomic E-state index is 12.4. The summed E-state index contributed by atoms with van der Waals surface area (Å²) >= 11 is 0. The van der Waals surface area contributed by atoms with E-state index in [4.69, 9.17) is 9.47 Å². The predicted molar refractivity (Wildman–Crippen MR) is 88.6 cm³/mol. The second-order valence-electron chi connectivity index (χ2n) is 6.69. The molecule has 1 heterocycles. The van der Waals surface area contributed by atoms with Gasteiger partial charge in [0.25, 0.3) is 0 Å². The fourth-order valence-electron chi connectivity index (χ4n) is 3.38. The Morgan fingerprint density at radius 3 is 2.75 bits per heavy atom. The number of fused-ring (bicyclic) bond motifs is 1. The number of anilines is 1. The van der Waals surface area contributed by atoms with Gasteiger partial charge in [-0.15, -0.1) is 0 Å². The highest BCUT2D eigenvalue weighted by molar-refractivity contribution is 5.96. The van der Waals surface area contributed by atoms with Crippen molar-refractivity contribution in [1.29, 1.82) is 0 Å². The molecule has 1 aliphatic carbocycles. The lowest BCUT2D eigenvalue weighted by molar-refractivity contribution is -0.157. The molecular weight excluding hydrogens is 310 g/mol. The number of benzene rings is 1. The molecule has 24 heavy (non-hydrogen) atoms. The number of carbonyl (C=O) groups is 2. The average Bonchev–Trinajstić information content (AvgIpc) is 2.82. The van der Waals surface area contributed by atoms with Gasteiger partial charge < -0.3 is 19.9 Å². The number of amides is 1. The lowest BCUT2D eigenvalue weighted by Crippen LogP contribution is -2.41. The molecule has 0 radical (unpaired) electrons. The molecular formula is C18H23NO5. The van der Waals surface area contributed by atoms with Crippen LogP contribution in [0.5, 0.6) is 11.5 Å². The van der Waals surface area contributed by atoms with Gasteiger partial charge in [-0.05, 0) is 32.8 Å². The van der Waals surface area contributed by atoms with Crippen molar-refractivity contribution >= 4 is 17.6 Å². The second kappa shape index (κ2) is 6.34. The van der Waals surface area contributed by atoms with Crippen molar-refractivity contribution in [2.45, 2.75) is 52.1 Å². The summed E-state index contributed by atoms with van der Waals surface area (Å²) in [5.41, 5.74) is 0.692. The number of ether oxygens (including phenoxy) is 2. The third-order valence-corrected chi connectivity index (χ3v) is 4.84. The van der Waals surface area contributed by atoms with Crippen molar-refractivity contribution in [3.05, 3.63) is 17.7 Å². The van der Waals surface area contributed by atoms with E-state index in [1.807, 2.05) is 19.9 Å². The summed E-state index contributed by atoms with van der Waals surface area (Å²) in [7, 11) is 0. The van der Waals surface area contributed by atoms with Crippen LogP contribution in [0.4, 0.5) is 5.69 Å². The molecule has 1 aromatic rings. The summed E-state index contributed by atoms with van der Waals surface area (Å²) in [6, 6.07) is 3.67. The molecule has 1 aliphatic heterocycles. The van der Waals surface area contributed by atoms with Crippen molar-refractivity contribution < 1.29 is 24.2 Å². The first-order valence-corrected chi connectivity index (χ1v) is 8.43. The van der Waals surface area contributed by atoms with Crippen LogP contribution in [-0.4, -0.2) is 29.7 Å². The van der Waals surface area contributed by atoms with Crippen LogP contribution >= 0.6 is 0 Å². The quantitative estimate of drug-likeness (QED) is 0.836. The summed E-state index contributed by atoms with van der Waals surface area (Å²) in [6.07, 6.45) is 2.87. The number of nitrogens with one attached hydrogen (secondary N) is 1. The molecule has 0 spiro atoms. The van der Waals surface area contributed by atoms with Crippen molar-refractivity contribution in [3.8, 4) is 11.5 Å². The van der Waals surface area contributed by atoms with E-state index < -0.39 is 11.4 Å². The molecule has 1 fully saturated rings.